The fraction of sp³-hybridized carbons (Fsp3) is 0.300. The molecule has 0 aliphatic carbocycles. The first-order valence-corrected chi connectivity index (χ1v) is 10.1. The van der Waals surface area contributed by atoms with Gasteiger partial charge in [0, 0.05) is 7.05 Å². The molecule has 3 rings (SSSR count). The maximum Gasteiger partial charge on any atom is 0.248 e. The van der Waals surface area contributed by atoms with Gasteiger partial charge < -0.3 is 0 Å². The first-order valence-electron chi connectivity index (χ1n) is 8.65. The number of sulfonamides is 1. The van der Waals surface area contributed by atoms with E-state index in [1.165, 1.54) is 13.1 Å². The summed E-state index contributed by atoms with van der Waals surface area (Å²) < 4.78 is 26.9. The Balaban J connectivity index is 1.84. The summed E-state index contributed by atoms with van der Waals surface area (Å²) in [6.45, 7) is 3.88. The molecule has 142 valence electrons. The number of hydrogen-bond acceptors (Lipinski definition) is 4. The third-order valence-electron chi connectivity index (χ3n) is 5.00. The molecule has 0 bridgehead atoms. The molecule has 6 nitrogen and oxygen atoms in total. The first kappa shape index (κ1) is 19.3. The lowest BCUT2D eigenvalue weighted by Crippen LogP contribution is -2.42. The summed E-state index contributed by atoms with van der Waals surface area (Å²) >= 11 is 0. The fourth-order valence-corrected chi connectivity index (χ4v) is 4.49. The number of carbonyl (C=O) groups excluding carboxylic acids is 2. The Morgan fingerprint density at radius 3 is 2.33 bits per heavy atom. The van der Waals surface area contributed by atoms with E-state index in [0.717, 1.165) is 25.9 Å². The average Bonchev–Trinajstić information content (AvgIpc) is 2.92. The van der Waals surface area contributed by atoms with Crippen molar-refractivity contribution >= 4 is 21.8 Å². The number of aryl methyl sites for hydroxylation is 2. The lowest BCUT2D eigenvalue weighted by atomic mass is 10.1. The second kappa shape index (κ2) is 7.25. The van der Waals surface area contributed by atoms with Crippen molar-refractivity contribution in [3.8, 4) is 0 Å². The summed E-state index contributed by atoms with van der Waals surface area (Å²) in [6.07, 6.45) is -0.147. The Morgan fingerprint density at radius 2 is 1.70 bits per heavy atom. The molecule has 2 aromatic carbocycles. The van der Waals surface area contributed by atoms with Crippen molar-refractivity contribution in [1.29, 1.82) is 0 Å². The number of nitrogens with zero attached hydrogens (tertiary/aromatic N) is 2. The zero-order valence-corrected chi connectivity index (χ0v) is 16.4. The molecule has 0 saturated carbocycles. The molecule has 2 amide bonds. The van der Waals surface area contributed by atoms with E-state index in [0.29, 0.717) is 0 Å². The monoisotopic (exact) mass is 386 g/mol. The van der Waals surface area contributed by atoms with E-state index >= 15 is 0 Å². The van der Waals surface area contributed by atoms with Crippen LogP contribution >= 0.6 is 0 Å². The summed E-state index contributed by atoms with van der Waals surface area (Å²) in [5, 5.41) is 0. The predicted molar refractivity (Wildman–Crippen MR) is 101 cm³/mol. The van der Waals surface area contributed by atoms with Crippen LogP contribution in [0.3, 0.4) is 0 Å². The van der Waals surface area contributed by atoms with E-state index in [1.807, 2.05) is 44.2 Å². The van der Waals surface area contributed by atoms with Crippen LogP contribution in [-0.2, 0) is 26.2 Å². The van der Waals surface area contributed by atoms with Crippen LogP contribution in [0.2, 0.25) is 0 Å². The number of likely N-dealkylation sites (tertiary alicyclic amines) is 1. The van der Waals surface area contributed by atoms with Gasteiger partial charge in [-0.25, -0.2) is 8.42 Å². The minimum absolute atomic E-state index is 0.120. The van der Waals surface area contributed by atoms with Crippen LogP contribution in [0.4, 0.5) is 0 Å². The summed E-state index contributed by atoms with van der Waals surface area (Å²) in [4.78, 5) is 26.4. The van der Waals surface area contributed by atoms with Crippen molar-refractivity contribution in [1.82, 2.24) is 9.21 Å². The zero-order chi connectivity index (χ0) is 19.8. The third kappa shape index (κ3) is 3.65. The number of carbonyl (C=O) groups is 2. The molecule has 1 heterocycles. The number of benzene rings is 2. The normalized spacial score (nSPS) is 17.8. The van der Waals surface area contributed by atoms with E-state index in [2.05, 4.69) is 0 Å². The van der Waals surface area contributed by atoms with Crippen molar-refractivity contribution in [2.75, 3.05) is 7.05 Å². The summed E-state index contributed by atoms with van der Waals surface area (Å²) in [6, 6.07) is 13.0. The number of amides is 2. The van der Waals surface area contributed by atoms with Crippen LogP contribution in [0.5, 0.6) is 0 Å². The van der Waals surface area contributed by atoms with Gasteiger partial charge in [-0.3, -0.25) is 14.5 Å². The van der Waals surface area contributed by atoms with Crippen LogP contribution < -0.4 is 0 Å². The number of imide groups is 1. The minimum atomic E-state index is -3.88. The van der Waals surface area contributed by atoms with Crippen molar-refractivity contribution in [2.24, 2.45) is 0 Å². The Morgan fingerprint density at radius 1 is 1.04 bits per heavy atom. The van der Waals surface area contributed by atoms with Crippen molar-refractivity contribution in [3.05, 3.63) is 65.2 Å². The van der Waals surface area contributed by atoms with E-state index in [1.54, 1.807) is 12.1 Å². The molecule has 0 aromatic heterocycles. The van der Waals surface area contributed by atoms with Crippen LogP contribution in [0.1, 0.15) is 23.1 Å². The van der Waals surface area contributed by atoms with Gasteiger partial charge >= 0.3 is 0 Å². The lowest BCUT2D eigenvalue weighted by Gasteiger charge is -2.23. The highest BCUT2D eigenvalue weighted by Gasteiger charge is 2.44. The molecule has 0 unspecified atom stereocenters. The molecule has 27 heavy (non-hydrogen) atoms. The molecular weight excluding hydrogens is 364 g/mol. The smallest absolute Gasteiger partial charge is 0.248 e. The predicted octanol–water partition coefficient (Wildman–Crippen LogP) is 2.25. The Kier molecular flexibility index (Phi) is 5.17. The summed E-state index contributed by atoms with van der Waals surface area (Å²) in [7, 11) is -2.53. The quantitative estimate of drug-likeness (QED) is 0.739. The molecule has 1 saturated heterocycles. The highest BCUT2D eigenvalue weighted by atomic mass is 32.2. The molecule has 7 heteroatoms. The largest absolute Gasteiger partial charge is 0.277 e. The minimum Gasteiger partial charge on any atom is -0.277 e. The van der Waals surface area contributed by atoms with E-state index in [-0.39, 0.29) is 23.8 Å². The second-order valence-corrected chi connectivity index (χ2v) is 8.79. The van der Waals surface area contributed by atoms with Gasteiger partial charge in [0.2, 0.25) is 21.8 Å². The van der Waals surface area contributed by atoms with Crippen LogP contribution in [-0.4, -0.2) is 42.5 Å². The SMILES string of the molecule is Cc1ccc(S(=O)(=O)N(C)[C@@H]2CC(=O)N(Cc3ccccc3)C2=O)cc1C. The van der Waals surface area contributed by atoms with Gasteiger partial charge in [0.15, 0.2) is 0 Å². The first-order chi connectivity index (χ1) is 12.7. The van der Waals surface area contributed by atoms with E-state index in [4.69, 9.17) is 0 Å². The standard InChI is InChI=1S/C20H22N2O4S/c1-14-9-10-17(11-15(14)2)27(25,26)21(3)18-12-19(23)22(20(18)24)13-16-7-5-4-6-8-16/h4-11,18H,12-13H2,1-3H3/t18-/m1/s1. The van der Waals surface area contributed by atoms with E-state index < -0.39 is 22.0 Å². The van der Waals surface area contributed by atoms with Gasteiger partial charge in [-0.05, 0) is 42.7 Å². The highest BCUT2D eigenvalue weighted by molar-refractivity contribution is 7.89. The molecule has 2 aromatic rings. The molecule has 1 aliphatic rings. The molecule has 1 atom stereocenters. The van der Waals surface area contributed by atoms with E-state index in [9.17, 15) is 18.0 Å². The molecule has 0 spiro atoms. The molecule has 1 fully saturated rings. The van der Waals surface area contributed by atoms with Crippen molar-refractivity contribution in [3.63, 3.8) is 0 Å². The Bertz CT molecular complexity index is 986. The third-order valence-corrected chi connectivity index (χ3v) is 6.86. The maximum atomic E-state index is 12.9. The molecule has 0 N–H and O–H groups in total. The van der Waals surface area contributed by atoms with Crippen molar-refractivity contribution in [2.45, 2.75) is 37.8 Å². The lowest BCUT2D eigenvalue weighted by molar-refractivity contribution is -0.139. The van der Waals surface area contributed by atoms with Gasteiger partial charge in [0.25, 0.3) is 0 Å². The summed E-state index contributed by atoms with van der Waals surface area (Å²) in [5.41, 5.74) is 2.65. The van der Waals surface area contributed by atoms with Gasteiger partial charge in [0.1, 0.15) is 6.04 Å². The molecule has 1 aliphatic heterocycles. The average molecular weight is 386 g/mol. The maximum absolute atomic E-state index is 12.9. The van der Waals surface area contributed by atoms with Crippen LogP contribution in [0.25, 0.3) is 0 Å². The Labute approximate surface area is 159 Å². The van der Waals surface area contributed by atoms with Gasteiger partial charge in [-0.1, -0.05) is 36.4 Å². The number of likely N-dealkylation sites (N-methyl/N-ethyl adjacent to an activating group) is 1. The van der Waals surface area contributed by atoms with Crippen molar-refractivity contribution < 1.29 is 18.0 Å². The number of hydrogen-bond donors (Lipinski definition) is 0. The summed E-state index contributed by atoms with van der Waals surface area (Å²) in [5.74, 6) is -0.852. The fourth-order valence-electron chi connectivity index (χ4n) is 3.09. The van der Waals surface area contributed by atoms with Crippen LogP contribution in [0.15, 0.2) is 53.4 Å². The number of rotatable bonds is 5. The molecular formula is C20H22N2O4S. The zero-order valence-electron chi connectivity index (χ0n) is 15.5. The highest BCUT2D eigenvalue weighted by Crippen LogP contribution is 2.26. The topological polar surface area (TPSA) is 74.8 Å². The second-order valence-electron chi connectivity index (χ2n) is 6.79. The van der Waals surface area contributed by atoms with Gasteiger partial charge in [0.05, 0.1) is 17.9 Å². The Hall–Kier alpha value is -2.51. The van der Waals surface area contributed by atoms with Crippen LogP contribution in [0, 0.1) is 13.8 Å². The molecule has 0 radical (unpaired) electrons. The van der Waals surface area contributed by atoms with Gasteiger partial charge in [-0.15, -0.1) is 0 Å². The van der Waals surface area contributed by atoms with Gasteiger partial charge in [-0.2, -0.15) is 4.31 Å².